The van der Waals surface area contributed by atoms with Gasteiger partial charge < -0.3 is 15.0 Å². The van der Waals surface area contributed by atoms with Crippen LogP contribution in [0.5, 0.6) is 0 Å². The lowest BCUT2D eigenvalue weighted by Gasteiger charge is -2.29. The van der Waals surface area contributed by atoms with Crippen molar-refractivity contribution in [2.24, 2.45) is 0 Å². The molecule has 3 rings (SSSR count). The second-order valence-corrected chi connectivity index (χ2v) is 6.65. The first-order chi connectivity index (χ1) is 12.5. The first kappa shape index (κ1) is 18.1. The molecule has 0 saturated heterocycles. The molecule has 1 aliphatic heterocycles. The third-order valence-corrected chi connectivity index (χ3v) is 4.69. The van der Waals surface area contributed by atoms with Crippen LogP contribution in [0.25, 0.3) is 0 Å². The average Bonchev–Trinajstić information content (AvgIpc) is 2.63. The standard InChI is InChI=1S/C21H24N2O3/c1-14-4-5-15(2)18(12-14)21(25)22-17-7-8-19-16(13-17)6-9-20(24)23(19)10-11-26-3/h4-5,7-8,12-13H,6,9-11H2,1-3H3,(H,22,25). The summed E-state index contributed by atoms with van der Waals surface area (Å²) in [5.41, 5.74) is 5.40. The van der Waals surface area contributed by atoms with Crippen molar-refractivity contribution in [3.8, 4) is 0 Å². The summed E-state index contributed by atoms with van der Waals surface area (Å²) in [5.74, 6) is -0.00371. The van der Waals surface area contributed by atoms with Crippen LogP contribution < -0.4 is 10.2 Å². The highest BCUT2D eigenvalue weighted by Gasteiger charge is 2.24. The van der Waals surface area contributed by atoms with E-state index >= 15 is 0 Å². The molecular weight excluding hydrogens is 328 g/mol. The number of hydrogen-bond acceptors (Lipinski definition) is 3. The number of carbonyl (C=O) groups is 2. The Balaban J connectivity index is 1.81. The van der Waals surface area contributed by atoms with Gasteiger partial charge in [0.2, 0.25) is 5.91 Å². The van der Waals surface area contributed by atoms with Crippen LogP contribution in [0, 0.1) is 13.8 Å². The van der Waals surface area contributed by atoms with Crippen molar-refractivity contribution in [2.45, 2.75) is 26.7 Å². The summed E-state index contributed by atoms with van der Waals surface area (Å²) in [5, 5.41) is 2.98. The zero-order valence-electron chi connectivity index (χ0n) is 15.5. The Kier molecular flexibility index (Phi) is 5.38. The molecule has 0 bridgehead atoms. The number of amides is 2. The number of fused-ring (bicyclic) bond motifs is 1. The van der Waals surface area contributed by atoms with E-state index in [1.807, 2.05) is 50.2 Å². The minimum atomic E-state index is -0.116. The molecule has 1 heterocycles. The molecule has 0 radical (unpaired) electrons. The highest BCUT2D eigenvalue weighted by atomic mass is 16.5. The number of hydrogen-bond donors (Lipinski definition) is 1. The fourth-order valence-electron chi connectivity index (χ4n) is 3.24. The van der Waals surface area contributed by atoms with Gasteiger partial charge in [-0.05, 0) is 55.7 Å². The van der Waals surface area contributed by atoms with E-state index in [1.54, 1.807) is 12.0 Å². The van der Waals surface area contributed by atoms with E-state index in [1.165, 1.54) is 0 Å². The number of ether oxygens (including phenoxy) is 1. The lowest BCUT2D eigenvalue weighted by Crippen LogP contribution is -2.37. The van der Waals surface area contributed by atoms with Gasteiger partial charge in [0, 0.05) is 37.0 Å². The van der Waals surface area contributed by atoms with Crippen molar-refractivity contribution in [1.29, 1.82) is 0 Å². The van der Waals surface area contributed by atoms with Crippen molar-refractivity contribution < 1.29 is 14.3 Å². The van der Waals surface area contributed by atoms with Crippen molar-refractivity contribution in [2.75, 3.05) is 30.5 Å². The molecule has 5 heteroatoms. The molecule has 0 spiro atoms. The van der Waals surface area contributed by atoms with E-state index in [0.717, 1.165) is 28.1 Å². The molecule has 5 nitrogen and oxygen atoms in total. The van der Waals surface area contributed by atoms with Crippen LogP contribution in [0.1, 0.15) is 33.5 Å². The topological polar surface area (TPSA) is 58.6 Å². The van der Waals surface area contributed by atoms with E-state index in [2.05, 4.69) is 5.32 Å². The van der Waals surface area contributed by atoms with Crippen LogP contribution in [0.2, 0.25) is 0 Å². The Hall–Kier alpha value is -2.66. The Morgan fingerprint density at radius 2 is 1.96 bits per heavy atom. The predicted molar refractivity (Wildman–Crippen MR) is 103 cm³/mol. The smallest absolute Gasteiger partial charge is 0.255 e. The van der Waals surface area contributed by atoms with Crippen molar-refractivity contribution in [3.63, 3.8) is 0 Å². The van der Waals surface area contributed by atoms with Crippen molar-refractivity contribution >= 4 is 23.2 Å². The summed E-state index contributed by atoms with van der Waals surface area (Å²) < 4.78 is 5.10. The second kappa shape index (κ2) is 7.70. The van der Waals surface area contributed by atoms with Crippen molar-refractivity contribution in [3.05, 3.63) is 58.7 Å². The van der Waals surface area contributed by atoms with E-state index in [-0.39, 0.29) is 11.8 Å². The van der Waals surface area contributed by atoms with Crippen LogP contribution in [0.4, 0.5) is 11.4 Å². The largest absolute Gasteiger partial charge is 0.383 e. The molecular formula is C21H24N2O3. The maximum absolute atomic E-state index is 12.6. The fourth-order valence-corrected chi connectivity index (χ4v) is 3.24. The van der Waals surface area contributed by atoms with Crippen LogP contribution in [0.15, 0.2) is 36.4 Å². The molecule has 136 valence electrons. The van der Waals surface area contributed by atoms with Gasteiger partial charge in [0.05, 0.1) is 6.61 Å². The summed E-state index contributed by atoms with van der Waals surface area (Å²) >= 11 is 0. The maximum atomic E-state index is 12.6. The average molecular weight is 352 g/mol. The summed E-state index contributed by atoms with van der Waals surface area (Å²) in [4.78, 5) is 26.6. The molecule has 0 aromatic heterocycles. The number of benzene rings is 2. The van der Waals surface area contributed by atoms with Gasteiger partial charge in [-0.1, -0.05) is 17.7 Å². The molecule has 1 aliphatic rings. The molecule has 0 atom stereocenters. The number of rotatable bonds is 5. The molecule has 0 fully saturated rings. The minimum Gasteiger partial charge on any atom is -0.383 e. The number of carbonyl (C=O) groups excluding carboxylic acids is 2. The zero-order valence-corrected chi connectivity index (χ0v) is 15.5. The van der Waals surface area contributed by atoms with Gasteiger partial charge in [-0.15, -0.1) is 0 Å². The molecule has 0 aliphatic carbocycles. The van der Waals surface area contributed by atoms with Gasteiger partial charge in [0.1, 0.15) is 0 Å². The summed E-state index contributed by atoms with van der Waals surface area (Å²) in [6, 6.07) is 11.6. The van der Waals surface area contributed by atoms with Crippen LogP contribution >= 0.6 is 0 Å². The number of aryl methyl sites for hydroxylation is 3. The van der Waals surface area contributed by atoms with Crippen LogP contribution in [-0.4, -0.2) is 32.1 Å². The number of anilines is 2. The molecule has 0 unspecified atom stereocenters. The zero-order chi connectivity index (χ0) is 18.7. The summed E-state index contributed by atoms with van der Waals surface area (Å²) in [6.45, 7) is 4.94. The lowest BCUT2D eigenvalue weighted by molar-refractivity contribution is -0.119. The number of nitrogens with zero attached hydrogens (tertiary/aromatic N) is 1. The third kappa shape index (κ3) is 3.78. The SMILES string of the molecule is COCCN1C(=O)CCc2cc(NC(=O)c3cc(C)ccc3C)ccc21. The normalized spacial score (nSPS) is 13.5. The van der Waals surface area contributed by atoms with Gasteiger partial charge in [0.15, 0.2) is 0 Å². The van der Waals surface area contributed by atoms with E-state index in [9.17, 15) is 9.59 Å². The third-order valence-electron chi connectivity index (χ3n) is 4.69. The first-order valence-corrected chi connectivity index (χ1v) is 8.80. The quantitative estimate of drug-likeness (QED) is 0.896. The molecule has 2 amide bonds. The minimum absolute atomic E-state index is 0.113. The Morgan fingerprint density at radius 1 is 1.15 bits per heavy atom. The molecule has 2 aromatic rings. The number of nitrogens with one attached hydrogen (secondary N) is 1. The highest BCUT2D eigenvalue weighted by Crippen LogP contribution is 2.30. The molecule has 2 aromatic carbocycles. The second-order valence-electron chi connectivity index (χ2n) is 6.65. The predicted octanol–water partition coefficient (Wildman–Crippen LogP) is 3.48. The summed E-state index contributed by atoms with van der Waals surface area (Å²) in [7, 11) is 1.63. The van der Waals surface area contributed by atoms with Gasteiger partial charge >= 0.3 is 0 Å². The van der Waals surface area contributed by atoms with E-state index in [0.29, 0.717) is 31.6 Å². The van der Waals surface area contributed by atoms with Crippen LogP contribution in [-0.2, 0) is 16.0 Å². The summed E-state index contributed by atoms with van der Waals surface area (Å²) in [6.07, 6.45) is 1.16. The molecule has 0 saturated carbocycles. The van der Waals surface area contributed by atoms with Gasteiger partial charge in [-0.2, -0.15) is 0 Å². The fraction of sp³-hybridized carbons (Fsp3) is 0.333. The van der Waals surface area contributed by atoms with Gasteiger partial charge in [-0.25, -0.2) is 0 Å². The van der Waals surface area contributed by atoms with E-state index < -0.39 is 0 Å². The van der Waals surface area contributed by atoms with E-state index in [4.69, 9.17) is 4.74 Å². The van der Waals surface area contributed by atoms with Crippen molar-refractivity contribution in [1.82, 2.24) is 0 Å². The van der Waals surface area contributed by atoms with Gasteiger partial charge in [0.25, 0.3) is 5.91 Å². The Labute approximate surface area is 154 Å². The highest BCUT2D eigenvalue weighted by molar-refractivity contribution is 6.06. The Morgan fingerprint density at radius 3 is 2.73 bits per heavy atom. The van der Waals surface area contributed by atoms with Gasteiger partial charge in [-0.3, -0.25) is 9.59 Å². The molecule has 1 N–H and O–H groups in total. The monoisotopic (exact) mass is 352 g/mol. The van der Waals surface area contributed by atoms with Crippen LogP contribution in [0.3, 0.4) is 0 Å². The first-order valence-electron chi connectivity index (χ1n) is 8.80. The number of methoxy groups -OCH3 is 1. The Bertz CT molecular complexity index is 845. The maximum Gasteiger partial charge on any atom is 0.255 e. The molecule has 26 heavy (non-hydrogen) atoms. The lowest BCUT2D eigenvalue weighted by atomic mass is 10.00.